The van der Waals surface area contributed by atoms with Gasteiger partial charge in [0.2, 0.25) is 10.0 Å². The fraction of sp³-hybridized carbons (Fsp3) is 0.895. The molecule has 1 saturated heterocycles. The summed E-state index contributed by atoms with van der Waals surface area (Å²) >= 11 is 0. The average molecular weight is 357 g/mol. The van der Waals surface area contributed by atoms with Crippen LogP contribution in [-0.4, -0.2) is 54.1 Å². The van der Waals surface area contributed by atoms with Crippen LogP contribution in [0.4, 0.5) is 0 Å². The van der Waals surface area contributed by atoms with E-state index < -0.39 is 10.0 Å². The number of hydrogen-bond donors (Lipinski definition) is 0. The Balaban J connectivity index is 2.18. The molecule has 2 rings (SSSR count). The molecule has 2 aliphatic heterocycles. The minimum Gasteiger partial charge on any atom is -0.297 e. The van der Waals surface area contributed by atoms with Crippen LogP contribution >= 0.6 is 0 Å². The highest BCUT2D eigenvalue weighted by Crippen LogP contribution is 2.34. The van der Waals surface area contributed by atoms with E-state index >= 15 is 0 Å². The molecule has 4 nitrogen and oxygen atoms in total. The fourth-order valence-electron chi connectivity index (χ4n) is 3.86. The predicted octanol–water partition coefficient (Wildman–Crippen LogP) is 3.65. The Morgan fingerprint density at radius 3 is 2.21 bits per heavy atom. The monoisotopic (exact) mass is 356 g/mol. The zero-order valence-electron chi connectivity index (χ0n) is 16.6. The van der Waals surface area contributed by atoms with Crippen molar-refractivity contribution in [3.8, 4) is 0 Å². The number of piperidine rings is 1. The van der Waals surface area contributed by atoms with Crippen LogP contribution in [-0.2, 0) is 10.0 Å². The quantitative estimate of drug-likeness (QED) is 0.709. The van der Waals surface area contributed by atoms with Crippen molar-refractivity contribution in [3.63, 3.8) is 0 Å². The largest absolute Gasteiger partial charge is 0.297 e. The molecule has 0 N–H and O–H groups in total. The normalized spacial score (nSPS) is 28.7. The van der Waals surface area contributed by atoms with E-state index in [1.807, 2.05) is 6.92 Å². The van der Waals surface area contributed by atoms with Crippen LogP contribution in [0.2, 0.25) is 0 Å². The molecule has 24 heavy (non-hydrogen) atoms. The maximum atomic E-state index is 13.2. The van der Waals surface area contributed by atoms with Crippen molar-refractivity contribution in [1.82, 2.24) is 9.21 Å². The van der Waals surface area contributed by atoms with E-state index in [2.05, 4.69) is 52.5 Å². The van der Waals surface area contributed by atoms with Crippen molar-refractivity contribution in [2.24, 2.45) is 5.41 Å². The second-order valence-electron chi connectivity index (χ2n) is 9.47. The third-order valence-electron chi connectivity index (χ3n) is 5.54. The van der Waals surface area contributed by atoms with Crippen LogP contribution in [0.3, 0.4) is 0 Å². The van der Waals surface area contributed by atoms with Crippen molar-refractivity contribution >= 4 is 10.0 Å². The number of hydrogen-bond acceptors (Lipinski definition) is 3. The molecule has 140 valence electrons. The molecule has 0 amide bonds. The molecule has 2 atom stereocenters. The summed E-state index contributed by atoms with van der Waals surface area (Å²) in [5.74, 6) is 0. The van der Waals surface area contributed by atoms with Crippen LogP contribution in [0, 0.1) is 5.41 Å². The Labute approximate surface area is 149 Å². The summed E-state index contributed by atoms with van der Waals surface area (Å²) in [5, 5.41) is -0.266. The fourth-order valence-corrected chi connectivity index (χ4v) is 5.94. The minimum absolute atomic E-state index is 0.0288. The zero-order chi connectivity index (χ0) is 18.3. The maximum absolute atomic E-state index is 13.2. The van der Waals surface area contributed by atoms with Gasteiger partial charge in [-0.2, -0.15) is 4.31 Å². The van der Waals surface area contributed by atoms with Gasteiger partial charge in [0.15, 0.2) is 0 Å². The van der Waals surface area contributed by atoms with Crippen LogP contribution < -0.4 is 0 Å². The highest BCUT2D eigenvalue weighted by Gasteiger charge is 2.40. The van der Waals surface area contributed by atoms with Gasteiger partial charge >= 0.3 is 0 Å². The van der Waals surface area contributed by atoms with Crippen LogP contribution in [0.25, 0.3) is 0 Å². The number of likely N-dealkylation sites (tertiary alicyclic amines) is 1. The third kappa shape index (κ3) is 4.23. The first-order valence-electron chi connectivity index (χ1n) is 9.30. The third-order valence-corrected chi connectivity index (χ3v) is 7.93. The summed E-state index contributed by atoms with van der Waals surface area (Å²) < 4.78 is 28.2. The summed E-state index contributed by atoms with van der Waals surface area (Å²) in [4.78, 5) is 2.32. The van der Waals surface area contributed by atoms with E-state index in [9.17, 15) is 8.42 Å². The molecular formula is C19H36N2O2S. The van der Waals surface area contributed by atoms with Crippen molar-refractivity contribution in [2.75, 3.05) is 19.6 Å². The average Bonchev–Trinajstić information content (AvgIpc) is 2.45. The predicted molar refractivity (Wildman–Crippen MR) is 102 cm³/mol. The molecular weight excluding hydrogens is 320 g/mol. The number of nitrogens with zero attached hydrogens (tertiary/aromatic N) is 2. The van der Waals surface area contributed by atoms with Gasteiger partial charge in [-0.1, -0.05) is 32.4 Å². The smallest absolute Gasteiger partial charge is 0.218 e. The van der Waals surface area contributed by atoms with Gasteiger partial charge in [-0.05, 0) is 58.9 Å². The molecule has 2 aliphatic rings. The summed E-state index contributed by atoms with van der Waals surface area (Å²) in [5.41, 5.74) is 1.53. The first-order valence-corrected chi connectivity index (χ1v) is 10.8. The number of sulfonamides is 1. The Morgan fingerprint density at radius 1 is 1.08 bits per heavy atom. The van der Waals surface area contributed by atoms with Gasteiger partial charge in [0.1, 0.15) is 0 Å². The lowest BCUT2D eigenvalue weighted by Crippen LogP contribution is -2.55. The molecule has 0 aromatic rings. The summed E-state index contributed by atoms with van der Waals surface area (Å²) in [6, 6.07) is -0.0389. The zero-order valence-corrected chi connectivity index (χ0v) is 17.4. The van der Waals surface area contributed by atoms with E-state index in [1.165, 1.54) is 5.57 Å². The molecule has 5 heteroatoms. The molecule has 0 aliphatic carbocycles. The van der Waals surface area contributed by atoms with Crippen LogP contribution in [0.1, 0.15) is 67.7 Å². The second kappa shape index (κ2) is 6.73. The highest BCUT2D eigenvalue weighted by molar-refractivity contribution is 7.89. The van der Waals surface area contributed by atoms with Gasteiger partial charge in [0.05, 0.1) is 5.25 Å². The van der Waals surface area contributed by atoms with E-state index in [0.29, 0.717) is 13.1 Å². The van der Waals surface area contributed by atoms with Crippen molar-refractivity contribution in [1.29, 1.82) is 0 Å². The SMILES string of the molecule is CC1C=C(C(C)(C)C)CCN1S(=O)(=O)C1CCCN(C(C)(C)C)C1. The van der Waals surface area contributed by atoms with Gasteiger partial charge in [-0.25, -0.2) is 8.42 Å². The molecule has 0 aromatic carbocycles. The second-order valence-corrected chi connectivity index (χ2v) is 11.6. The van der Waals surface area contributed by atoms with Gasteiger partial charge in [0, 0.05) is 24.7 Å². The van der Waals surface area contributed by atoms with Crippen molar-refractivity contribution in [2.45, 2.75) is 84.6 Å². The lowest BCUT2D eigenvalue weighted by Gasteiger charge is -2.43. The molecule has 0 radical (unpaired) electrons. The van der Waals surface area contributed by atoms with E-state index in [4.69, 9.17) is 0 Å². The van der Waals surface area contributed by atoms with E-state index in [-0.39, 0.29) is 22.2 Å². The molecule has 0 saturated carbocycles. The Morgan fingerprint density at radius 2 is 1.71 bits per heavy atom. The Kier molecular flexibility index (Phi) is 5.59. The summed E-state index contributed by atoms with van der Waals surface area (Å²) in [6.07, 6.45) is 4.77. The topological polar surface area (TPSA) is 40.6 Å². The van der Waals surface area contributed by atoms with E-state index in [0.717, 1.165) is 25.8 Å². The van der Waals surface area contributed by atoms with Crippen molar-refractivity contribution < 1.29 is 8.42 Å². The maximum Gasteiger partial charge on any atom is 0.218 e. The van der Waals surface area contributed by atoms with E-state index in [1.54, 1.807) is 4.31 Å². The molecule has 0 aromatic heterocycles. The van der Waals surface area contributed by atoms with Gasteiger partial charge < -0.3 is 0 Å². The standard InChI is InChI=1S/C19H36N2O2S/c1-15-13-16(18(2,3)4)10-12-21(15)24(22,23)17-9-8-11-20(14-17)19(5,6)7/h13,15,17H,8-12,14H2,1-7H3. The lowest BCUT2D eigenvalue weighted by atomic mass is 9.82. The van der Waals surface area contributed by atoms with Crippen LogP contribution in [0.5, 0.6) is 0 Å². The van der Waals surface area contributed by atoms with Crippen LogP contribution in [0.15, 0.2) is 11.6 Å². The lowest BCUT2D eigenvalue weighted by molar-refractivity contribution is 0.111. The minimum atomic E-state index is -3.25. The Bertz CT molecular complexity index is 581. The van der Waals surface area contributed by atoms with Gasteiger partial charge in [-0.15, -0.1) is 0 Å². The van der Waals surface area contributed by atoms with Gasteiger partial charge in [-0.3, -0.25) is 4.90 Å². The number of rotatable bonds is 2. The first-order chi connectivity index (χ1) is 10.8. The molecule has 2 unspecified atom stereocenters. The molecule has 0 bridgehead atoms. The Hall–Kier alpha value is -0.390. The highest BCUT2D eigenvalue weighted by atomic mass is 32.2. The summed E-state index contributed by atoms with van der Waals surface area (Å²) in [7, 11) is -3.25. The molecule has 1 fully saturated rings. The molecule has 2 heterocycles. The molecule has 0 spiro atoms. The summed E-state index contributed by atoms with van der Waals surface area (Å²) in [6.45, 7) is 17.4. The van der Waals surface area contributed by atoms with Gasteiger partial charge in [0.25, 0.3) is 0 Å². The van der Waals surface area contributed by atoms with Crippen molar-refractivity contribution in [3.05, 3.63) is 11.6 Å². The first kappa shape index (κ1) is 19.9.